The van der Waals surface area contributed by atoms with E-state index in [9.17, 15) is 0 Å². The first-order valence-electron chi connectivity index (χ1n) is 5.54. The summed E-state index contributed by atoms with van der Waals surface area (Å²) in [7, 11) is 3.17. The molecule has 7 nitrogen and oxygen atoms in total. The van der Waals surface area contributed by atoms with Crippen LogP contribution < -0.4 is 26.1 Å². The van der Waals surface area contributed by atoms with Crippen molar-refractivity contribution in [2.75, 3.05) is 25.0 Å². The van der Waals surface area contributed by atoms with E-state index in [2.05, 4.69) is 20.7 Å². The maximum absolute atomic E-state index is 5.28. The summed E-state index contributed by atoms with van der Waals surface area (Å²) in [6.45, 7) is 0. The van der Waals surface area contributed by atoms with Crippen molar-refractivity contribution in [3.63, 3.8) is 0 Å². The minimum absolute atomic E-state index is 0.477. The Morgan fingerprint density at radius 1 is 1.05 bits per heavy atom. The molecule has 7 heteroatoms. The molecular formula is C12H15N5O2. The Morgan fingerprint density at radius 2 is 1.79 bits per heavy atom. The van der Waals surface area contributed by atoms with Gasteiger partial charge in [0.15, 0.2) is 23.1 Å². The number of anilines is 3. The molecule has 0 fully saturated rings. The van der Waals surface area contributed by atoms with Crippen LogP contribution in [0, 0.1) is 0 Å². The zero-order valence-corrected chi connectivity index (χ0v) is 10.7. The largest absolute Gasteiger partial charge is 0.493 e. The lowest BCUT2D eigenvalue weighted by Gasteiger charge is -2.11. The predicted molar refractivity (Wildman–Crippen MR) is 72.7 cm³/mol. The second kappa shape index (κ2) is 5.87. The van der Waals surface area contributed by atoms with Gasteiger partial charge in [-0.25, -0.2) is 10.8 Å². The number of benzene rings is 1. The van der Waals surface area contributed by atoms with Gasteiger partial charge in [-0.1, -0.05) is 0 Å². The first-order valence-corrected chi connectivity index (χ1v) is 5.54. The molecule has 0 saturated carbocycles. The standard InChI is InChI=1S/C12H15N5O2/c1-18-9-4-3-8(5-10(9)19-2)15-11-6-14-7-12(16-11)17-13/h3-7H,13H2,1-2H3,(H2,15,16,17). The van der Waals surface area contributed by atoms with Crippen molar-refractivity contribution in [1.29, 1.82) is 0 Å². The molecule has 0 atom stereocenters. The lowest BCUT2D eigenvalue weighted by molar-refractivity contribution is 0.355. The summed E-state index contributed by atoms with van der Waals surface area (Å²) >= 11 is 0. The van der Waals surface area contributed by atoms with Gasteiger partial charge in [0.2, 0.25) is 0 Å². The zero-order chi connectivity index (χ0) is 13.7. The van der Waals surface area contributed by atoms with Gasteiger partial charge in [0, 0.05) is 11.8 Å². The highest BCUT2D eigenvalue weighted by Gasteiger charge is 2.05. The molecule has 2 aromatic rings. The molecule has 0 aliphatic rings. The van der Waals surface area contributed by atoms with Crippen molar-refractivity contribution < 1.29 is 9.47 Å². The molecule has 1 heterocycles. The molecule has 1 aromatic heterocycles. The quantitative estimate of drug-likeness (QED) is 0.555. The Bertz CT molecular complexity index is 562. The molecule has 1 aromatic carbocycles. The fraction of sp³-hybridized carbons (Fsp3) is 0.167. The third kappa shape index (κ3) is 3.02. The molecule has 19 heavy (non-hydrogen) atoms. The van der Waals surface area contributed by atoms with Gasteiger partial charge in [-0.3, -0.25) is 4.98 Å². The average molecular weight is 261 g/mol. The van der Waals surface area contributed by atoms with Crippen LogP contribution >= 0.6 is 0 Å². The minimum Gasteiger partial charge on any atom is -0.493 e. The summed E-state index contributed by atoms with van der Waals surface area (Å²) in [5.41, 5.74) is 3.24. The second-order valence-corrected chi connectivity index (χ2v) is 3.63. The Balaban J connectivity index is 2.22. The smallest absolute Gasteiger partial charge is 0.162 e. The van der Waals surface area contributed by atoms with Crippen LogP contribution in [0.4, 0.5) is 17.3 Å². The molecule has 0 amide bonds. The summed E-state index contributed by atoms with van der Waals surface area (Å²) in [5, 5.41) is 3.10. The van der Waals surface area contributed by atoms with E-state index in [1.165, 1.54) is 6.20 Å². The van der Waals surface area contributed by atoms with Gasteiger partial charge in [-0.2, -0.15) is 0 Å². The number of ether oxygens (including phenoxy) is 2. The molecule has 4 N–H and O–H groups in total. The third-order valence-electron chi connectivity index (χ3n) is 2.44. The Kier molecular flexibility index (Phi) is 3.99. The van der Waals surface area contributed by atoms with Crippen LogP contribution in [0.2, 0.25) is 0 Å². The zero-order valence-electron chi connectivity index (χ0n) is 10.7. The maximum Gasteiger partial charge on any atom is 0.162 e. The van der Waals surface area contributed by atoms with Crippen LogP contribution in [-0.4, -0.2) is 24.2 Å². The van der Waals surface area contributed by atoms with Crippen LogP contribution in [0.25, 0.3) is 0 Å². The predicted octanol–water partition coefficient (Wildman–Crippen LogP) is 1.52. The Morgan fingerprint density at radius 3 is 2.47 bits per heavy atom. The van der Waals surface area contributed by atoms with Crippen molar-refractivity contribution in [2.45, 2.75) is 0 Å². The maximum atomic E-state index is 5.28. The van der Waals surface area contributed by atoms with E-state index in [1.54, 1.807) is 26.5 Å². The number of nitrogens with two attached hydrogens (primary N) is 1. The van der Waals surface area contributed by atoms with E-state index in [4.69, 9.17) is 15.3 Å². The average Bonchev–Trinajstić information content (AvgIpc) is 2.47. The monoisotopic (exact) mass is 261 g/mol. The molecule has 0 spiro atoms. The number of hydrazine groups is 1. The lowest BCUT2D eigenvalue weighted by Crippen LogP contribution is -2.09. The molecule has 0 aliphatic heterocycles. The van der Waals surface area contributed by atoms with Gasteiger partial charge in [0.25, 0.3) is 0 Å². The number of hydrogen-bond donors (Lipinski definition) is 3. The first kappa shape index (κ1) is 12.9. The summed E-state index contributed by atoms with van der Waals surface area (Å²) in [4.78, 5) is 8.21. The van der Waals surface area contributed by atoms with E-state index in [0.29, 0.717) is 23.1 Å². The van der Waals surface area contributed by atoms with Crippen LogP contribution in [0.5, 0.6) is 11.5 Å². The number of nitrogen functional groups attached to an aromatic ring is 1. The topological polar surface area (TPSA) is 94.3 Å². The van der Waals surface area contributed by atoms with E-state index in [1.807, 2.05) is 12.1 Å². The van der Waals surface area contributed by atoms with Gasteiger partial charge in [0.05, 0.1) is 26.6 Å². The van der Waals surface area contributed by atoms with E-state index < -0.39 is 0 Å². The van der Waals surface area contributed by atoms with Crippen molar-refractivity contribution >= 4 is 17.3 Å². The summed E-state index contributed by atoms with van der Waals surface area (Å²) in [6.07, 6.45) is 3.12. The Labute approximate surface area is 110 Å². The van der Waals surface area contributed by atoms with Crippen LogP contribution in [0.3, 0.4) is 0 Å². The molecule has 0 bridgehead atoms. The summed E-state index contributed by atoms with van der Waals surface area (Å²) in [6, 6.07) is 5.47. The lowest BCUT2D eigenvalue weighted by atomic mass is 10.2. The van der Waals surface area contributed by atoms with E-state index >= 15 is 0 Å². The summed E-state index contributed by atoms with van der Waals surface area (Å²) in [5.74, 6) is 7.62. The Hall–Kier alpha value is -2.54. The normalized spacial score (nSPS) is 9.84. The molecule has 2 rings (SSSR count). The first-order chi connectivity index (χ1) is 9.26. The fourth-order valence-electron chi connectivity index (χ4n) is 1.56. The minimum atomic E-state index is 0.477. The van der Waals surface area contributed by atoms with E-state index in [0.717, 1.165) is 5.69 Å². The van der Waals surface area contributed by atoms with Crippen LogP contribution in [-0.2, 0) is 0 Å². The second-order valence-electron chi connectivity index (χ2n) is 3.63. The highest BCUT2D eigenvalue weighted by molar-refractivity contribution is 5.61. The van der Waals surface area contributed by atoms with Crippen molar-refractivity contribution in [3.05, 3.63) is 30.6 Å². The van der Waals surface area contributed by atoms with Gasteiger partial charge in [0.1, 0.15) is 0 Å². The van der Waals surface area contributed by atoms with Gasteiger partial charge >= 0.3 is 0 Å². The fourth-order valence-corrected chi connectivity index (χ4v) is 1.56. The number of aromatic nitrogens is 2. The number of nitrogens with zero attached hydrogens (tertiary/aromatic N) is 2. The molecule has 100 valence electrons. The number of rotatable bonds is 5. The SMILES string of the molecule is COc1ccc(Nc2cncc(NN)n2)cc1OC. The van der Waals surface area contributed by atoms with Gasteiger partial charge in [-0.15, -0.1) is 0 Å². The highest BCUT2D eigenvalue weighted by atomic mass is 16.5. The third-order valence-corrected chi connectivity index (χ3v) is 2.44. The van der Waals surface area contributed by atoms with Crippen molar-refractivity contribution in [3.8, 4) is 11.5 Å². The van der Waals surface area contributed by atoms with Gasteiger partial charge in [-0.05, 0) is 12.1 Å². The van der Waals surface area contributed by atoms with Crippen molar-refractivity contribution in [2.24, 2.45) is 5.84 Å². The van der Waals surface area contributed by atoms with Crippen LogP contribution in [0.15, 0.2) is 30.6 Å². The van der Waals surface area contributed by atoms with E-state index in [-0.39, 0.29) is 0 Å². The number of hydrogen-bond acceptors (Lipinski definition) is 7. The number of methoxy groups -OCH3 is 2. The molecular weight excluding hydrogens is 246 g/mol. The summed E-state index contributed by atoms with van der Waals surface area (Å²) < 4.78 is 10.4. The van der Waals surface area contributed by atoms with Crippen LogP contribution in [0.1, 0.15) is 0 Å². The molecule has 0 radical (unpaired) electrons. The van der Waals surface area contributed by atoms with Crippen molar-refractivity contribution in [1.82, 2.24) is 9.97 Å². The van der Waals surface area contributed by atoms with Gasteiger partial charge < -0.3 is 20.2 Å². The number of nitrogens with one attached hydrogen (secondary N) is 2. The molecule has 0 unspecified atom stereocenters. The molecule has 0 aliphatic carbocycles. The highest BCUT2D eigenvalue weighted by Crippen LogP contribution is 2.30. The molecule has 0 saturated heterocycles.